The molecule has 3 aromatic rings. The fourth-order valence-electron chi connectivity index (χ4n) is 1.95. The number of hydrogen-bond donors (Lipinski definition) is 2. The second-order valence-corrected chi connectivity index (χ2v) is 4.48. The summed E-state index contributed by atoms with van der Waals surface area (Å²) in [6.45, 7) is 0. The molecule has 0 saturated heterocycles. The maximum Gasteiger partial charge on any atom is 0.230 e. The topological polar surface area (TPSA) is 63.8 Å². The third-order valence-electron chi connectivity index (χ3n) is 2.75. The lowest BCUT2D eigenvalue weighted by molar-refractivity contribution is 1.18. The second-order valence-electron chi connectivity index (χ2n) is 4.09. The van der Waals surface area contributed by atoms with Gasteiger partial charge in [-0.25, -0.2) is 4.98 Å². The van der Waals surface area contributed by atoms with Crippen LogP contribution in [0, 0.1) is 0 Å². The van der Waals surface area contributed by atoms with E-state index in [2.05, 4.69) is 15.3 Å². The van der Waals surface area contributed by atoms with Crippen molar-refractivity contribution in [3.8, 4) is 0 Å². The fraction of sp³-hybridized carbons (Fsp3) is 0. The lowest BCUT2D eigenvalue weighted by Gasteiger charge is -2.09. The molecular weight excluding hydrogens is 260 g/mol. The molecule has 0 aliphatic heterocycles. The fourth-order valence-corrected chi connectivity index (χ4v) is 2.14. The molecule has 2 aromatic carbocycles. The molecule has 4 nitrogen and oxygen atoms in total. The van der Waals surface area contributed by atoms with Crippen LogP contribution in [0.2, 0.25) is 5.15 Å². The van der Waals surface area contributed by atoms with E-state index in [-0.39, 0.29) is 0 Å². The van der Waals surface area contributed by atoms with Crippen molar-refractivity contribution in [3.63, 3.8) is 0 Å². The van der Waals surface area contributed by atoms with Crippen LogP contribution in [-0.4, -0.2) is 9.97 Å². The molecule has 0 bridgehead atoms. The number of halogens is 1. The van der Waals surface area contributed by atoms with Crippen LogP contribution in [0.3, 0.4) is 0 Å². The van der Waals surface area contributed by atoms with Crippen LogP contribution in [0.25, 0.3) is 10.8 Å². The monoisotopic (exact) mass is 270 g/mol. The van der Waals surface area contributed by atoms with Gasteiger partial charge in [0, 0.05) is 17.1 Å². The van der Waals surface area contributed by atoms with Crippen LogP contribution < -0.4 is 11.1 Å². The van der Waals surface area contributed by atoms with E-state index in [9.17, 15) is 0 Å². The Kier molecular flexibility index (Phi) is 2.93. The predicted molar refractivity (Wildman–Crippen MR) is 78.7 cm³/mol. The number of anilines is 3. The van der Waals surface area contributed by atoms with Gasteiger partial charge in [0.15, 0.2) is 0 Å². The molecule has 3 N–H and O–H groups in total. The number of fused-ring (bicyclic) bond motifs is 1. The highest BCUT2D eigenvalue weighted by Gasteiger charge is 2.04. The summed E-state index contributed by atoms with van der Waals surface area (Å²) in [6, 6.07) is 15.6. The number of nitrogen functional groups attached to an aromatic ring is 1. The van der Waals surface area contributed by atoms with Crippen LogP contribution in [0.15, 0.2) is 48.5 Å². The van der Waals surface area contributed by atoms with E-state index in [0.29, 0.717) is 16.9 Å². The normalized spacial score (nSPS) is 10.6. The van der Waals surface area contributed by atoms with Crippen molar-refractivity contribution < 1.29 is 0 Å². The summed E-state index contributed by atoms with van der Waals surface area (Å²) >= 11 is 5.86. The highest BCUT2D eigenvalue weighted by Crippen LogP contribution is 2.25. The van der Waals surface area contributed by atoms with E-state index >= 15 is 0 Å². The third kappa shape index (κ3) is 2.44. The molecule has 0 amide bonds. The highest BCUT2D eigenvalue weighted by atomic mass is 35.5. The molecule has 0 spiro atoms. The van der Waals surface area contributed by atoms with Crippen molar-refractivity contribution in [3.05, 3.63) is 53.7 Å². The Bertz CT molecular complexity index is 717. The summed E-state index contributed by atoms with van der Waals surface area (Å²) in [5, 5.41) is 5.69. The first-order valence-corrected chi connectivity index (χ1v) is 6.15. The van der Waals surface area contributed by atoms with Crippen molar-refractivity contribution in [2.45, 2.75) is 0 Å². The van der Waals surface area contributed by atoms with Gasteiger partial charge in [-0.15, -0.1) is 0 Å². The molecular formula is C14H11ClN4. The van der Waals surface area contributed by atoms with Gasteiger partial charge < -0.3 is 11.1 Å². The van der Waals surface area contributed by atoms with Crippen LogP contribution in [0.5, 0.6) is 0 Å². The number of rotatable bonds is 2. The minimum Gasteiger partial charge on any atom is -0.383 e. The average molecular weight is 271 g/mol. The summed E-state index contributed by atoms with van der Waals surface area (Å²) < 4.78 is 0. The van der Waals surface area contributed by atoms with Crippen LogP contribution in [0.1, 0.15) is 0 Å². The van der Waals surface area contributed by atoms with Gasteiger partial charge >= 0.3 is 0 Å². The van der Waals surface area contributed by atoms with E-state index in [0.717, 1.165) is 16.5 Å². The molecule has 0 aliphatic carbocycles. The van der Waals surface area contributed by atoms with Crippen LogP contribution >= 0.6 is 11.6 Å². The molecule has 94 valence electrons. The summed E-state index contributed by atoms with van der Waals surface area (Å²) in [6.07, 6.45) is 0. The van der Waals surface area contributed by atoms with Gasteiger partial charge in [-0.1, -0.05) is 48.0 Å². The summed E-state index contributed by atoms with van der Waals surface area (Å²) in [5.41, 5.74) is 6.57. The largest absolute Gasteiger partial charge is 0.383 e. The minimum absolute atomic E-state index is 0.315. The summed E-state index contributed by atoms with van der Waals surface area (Å²) in [5.74, 6) is 0.726. The van der Waals surface area contributed by atoms with Gasteiger partial charge in [-0.05, 0) is 11.5 Å². The van der Waals surface area contributed by atoms with Crippen LogP contribution in [0.4, 0.5) is 17.5 Å². The second kappa shape index (κ2) is 4.74. The predicted octanol–water partition coefficient (Wildman–Crippen LogP) is 3.61. The van der Waals surface area contributed by atoms with Crippen molar-refractivity contribution in [1.82, 2.24) is 9.97 Å². The molecule has 0 fully saturated rings. The third-order valence-corrected chi connectivity index (χ3v) is 2.94. The van der Waals surface area contributed by atoms with E-state index in [1.807, 2.05) is 42.5 Å². The Hall–Kier alpha value is -2.33. The van der Waals surface area contributed by atoms with Crippen LogP contribution in [-0.2, 0) is 0 Å². The van der Waals surface area contributed by atoms with Gasteiger partial charge in [0.05, 0.1) is 0 Å². The van der Waals surface area contributed by atoms with E-state index < -0.39 is 0 Å². The first kappa shape index (κ1) is 11.7. The van der Waals surface area contributed by atoms with Gasteiger partial charge in [0.2, 0.25) is 5.95 Å². The molecule has 1 aromatic heterocycles. The quantitative estimate of drug-likeness (QED) is 0.698. The van der Waals surface area contributed by atoms with Gasteiger partial charge in [-0.3, -0.25) is 0 Å². The standard InChI is InChI=1S/C14H11ClN4/c15-12-8-13(16)19-14(18-12)17-11-7-3-5-9-4-1-2-6-10(9)11/h1-8H,(H3,16,17,18,19). The zero-order chi connectivity index (χ0) is 13.2. The van der Waals surface area contributed by atoms with Gasteiger partial charge in [-0.2, -0.15) is 4.98 Å². The Morgan fingerprint density at radius 1 is 1.00 bits per heavy atom. The number of nitrogens with zero attached hydrogens (tertiary/aromatic N) is 2. The maximum atomic E-state index is 5.86. The molecule has 5 heteroatoms. The smallest absolute Gasteiger partial charge is 0.230 e. The molecule has 3 rings (SSSR count). The Morgan fingerprint density at radius 3 is 2.63 bits per heavy atom. The van der Waals surface area contributed by atoms with Crippen molar-refractivity contribution >= 4 is 39.8 Å². The summed E-state index contributed by atoms with van der Waals surface area (Å²) in [7, 11) is 0. The van der Waals surface area contributed by atoms with E-state index in [1.165, 1.54) is 6.07 Å². The van der Waals surface area contributed by atoms with E-state index in [1.54, 1.807) is 0 Å². The van der Waals surface area contributed by atoms with Crippen molar-refractivity contribution in [1.29, 1.82) is 0 Å². The first-order chi connectivity index (χ1) is 9.22. The van der Waals surface area contributed by atoms with Crippen molar-refractivity contribution in [2.75, 3.05) is 11.1 Å². The SMILES string of the molecule is Nc1cc(Cl)nc(Nc2cccc3ccccc23)n1. The number of hydrogen-bond acceptors (Lipinski definition) is 4. The first-order valence-electron chi connectivity index (χ1n) is 5.77. The number of nitrogens with two attached hydrogens (primary N) is 1. The highest BCUT2D eigenvalue weighted by molar-refractivity contribution is 6.29. The van der Waals surface area contributed by atoms with Crippen molar-refractivity contribution in [2.24, 2.45) is 0 Å². The Balaban J connectivity index is 2.05. The lowest BCUT2D eigenvalue weighted by atomic mass is 10.1. The zero-order valence-corrected chi connectivity index (χ0v) is 10.7. The Labute approximate surface area is 115 Å². The van der Waals surface area contributed by atoms with E-state index in [4.69, 9.17) is 17.3 Å². The number of benzene rings is 2. The molecule has 0 radical (unpaired) electrons. The molecule has 19 heavy (non-hydrogen) atoms. The van der Waals surface area contributed by atoms with Gasteiger partial charge in [0.25, 0.3) is 0 Å². The number of nitrogens with one attached hydrogen (secondary N) is 1. The zero-order valence-electron chi connectivity index (χ0n) is 9.97. The molecule has 0 unspecified atom stereocenters. The minimum atomic E-state index is 0.315. The lowest BCUT2D eigenvalue weighted by Crippen LogP contribution is -2.00. The Morgan fingerprint density at radius 2 is 1.79 bits per heavy atom. The molecule has 0 aliphatic rings. The molecule has 1 heterocycles. The molecule has 0 atom stereocenters. The van der Waals surface area contributed by atoms with Gasteiger partial charge in [0.1, 0.15) is 11.0 Å². The molecule has 0 saturated carbocycles. The summed E-state index contributed by atoms with van der Waals surface area (Å²) in [4.78, 5) is 8.21. The maximum absolute atomic E-state index is 5.86. The number of aromatic nitrogens is 2. The average Bonchev–Trinajstić information content (AvgIpc) is 2.38.